The number of anilines is 2. The lowest BCUT2D eigenvalue weighted by Crippen LogP contribution is -1.98. The number of nitrogens with one attached hydrogen (secondary N) is 1. The molecule has 3 aromatic heterocycles. The van der Waals surface area contributed by atoms with Gasteiger partial charge >= 0.3 is 0 Å². The Morgan fingerprint density at radius 3 is 2.86 bits per heavy atom. The standard InChI is InChI=1S/C14H13N5OS/c1-9-17-12(7-13(18-9)20-2)19-14-16-8-11(21-14)10-5-3-4-6-15-10/h3-8H,1-2H3,(H,16,17,18,19). The number of ether oxygens (including phenoxy) is 1. The van der Waals surface area contributed by atoms with Gasteiger partial charge in [-0.15, -0.1) is 0 Å². The molecular formula is C14H13N5OS. The highest BCUT2D eigenvalue weighted by atomic mass is 32.1. The van der Waals surface area contributed by atoms with Gasteiger partial charge < -0.3 is 10.1 Å². The molecule has 0 aliphatic carbocycles. The second kappa shape index (κ2) is 5.84. The molecule has 6 nitrogen and oxygen atoms in total. The predicted octanol–water partition coefficient (Wildman–Crippen LogP) is 3.06. The van der Waals surface area contributed by atoms with Crippen LogP contribution in [0.4, 0.5) is 10.9 Å². The van der Waals surface area contributed by atoms with Crippen LogP contribution in [-0.4, -0.2) is 27.0 Å². The first-order chi connectivity index (χ1) is 10.2. The zero-order valence-corrected chi connectivity index (χ0v) is 12.4. The summed E-state index contributed by atoms with van der Waals surface area (Å²) in [5, 5.41) is 3.90. The van der Waals surface area contributed by atoms with Crippen molar-refractivity contribution in [3.05, 3.63) is 42.5 Å². The summed E-state index contributed by atoms with van der Waals surface area (Å²) in [5.41, 5.74) is 0.902. The molecule has 106 valence electrons. The minimum atomic E-state index is 0.520. The lowest BCUT2D eigenvalue weighted by molar-refractivity contribution is 0.396. The fraction of sp³-hybridized carbons (Fsp3) is 0.143. The highest BCUT2D eigenvalue weighted by Crippen LogP contribution is 2.29. The zero-order valence-electron chi connectivity index (χ0n) is 11.6. The lowest BCUT2D eigenvalue weighted by Gasteiger charge is -2.05. The summed E-state index contributed by atoms with van der Waals surface area (Å²) in [4.78, 5) is 18.1. The van der Waals surface area contributed by atoms with Gasteiger partial charge in [0, 0.05) is 18.5 Å². The van der Waals surface area contributed by atoms with Crippen molar-refractivity contribution in [2.75, 3.05) is 12.4 Å². The molecule has 0 bridgehead atoms. The summed E-state index contributed by atoms with van der Waals surface area (Å²) in [6.45, 7) is 1.81. The Kier molecular flexibility index (Phi) is 3.74. The molecule has 1 N–H and O–H groups in total. The Bertz CT molecular complexity index is 744. The summed E-state index contributed by atoms with van der Waals surface area (Å²) in [6.07, 6.45) is 3.56. The molecule has 3 heterocycles. The van der Waals surface area contributed by atoms with E-state index in [2.05, 4.69) is 25.3 Å². The number of aryl methyl sites for hydroxylation is 1. The minimum absolute atomic E-state index is 0.520. The average molecular weight is 299 g/mol. The van der Waals surface area contributed by atoms with Crippen molar-refractivity contribution in [3.8, 4) is 16.5 Å². The van der Waals surface area contributed by atoms with Gasteiger partial charge in [0.2, 0.25) is 5.88 Å². The molecule has 3 rings (SSSR count). The fourth-order valence-electron chi connectivity index (χ4n) is 1.78. The van der Waals surface area contributed by atoms with E-state index in [0.29, 0.717) is 17.5 Å². The molecule has 0 aliphatic heterocycles. The van der Waals surface area contributed by atoms with Gasteiger partial charge in [0.15, 0.2) is 5.13 Å². The largest absolute Gasteiger partial charge is 0.481 e. The maximum atomic E-state index is 5.13. The quantitative estimate of drug-likeness (QED) is 0.798. The average Bonchev–Trinajstić information content (AvgIpc) is 2.96. The van der Waals surface area contributed by atoms with Crippen LogP contribution in [0.3, 0.4) is 0 Å². The van der Waals surface area contributed by atoms with Crippen LogP contribution in [0.15, 0.2) is 36.7 Å². The van der Waals surface area contributed by atoms with E-state index in [1.54, 1.807) is 25.6 Å². The molecule has 21 heavy (non-hydrogen) atoms. The summed E-state index contributed by atoms with van der Waals surface area (Å²) in [7, 11) is 1.58. The van der Waals surface area contributed by atoms with Gasteiger partial charge in [-0.25, -0.2) is 9.97 Å². The molecule has 0 amide bonds. The predicted molar refractivity (Wildman–Crippen MR) is 81.9 cm³/mol. The number of nitrogens with zero attached hydrogens (tertiary/aromatic N) is 4. The van der Waals surface area contributed by atoms with Crippen molar-refractivity contribution in [3.63, 3.8) is 0 Å². The van der Waals surface area contributed by atoms with Gasteiger partial charge in [-0.1, -0.05) is 17.4 Å². The van der Waals surface area contributed by atoms with E-state index in [9.17, 15) is 0 Å². The van der Waals surface area contributed by atoms with E-state index < -0.39 is 0 Å². The summed E-state index contributed by atoms with van der Waals surface area (Å²) < 4.78 is 5.13. The summed E-state index contributed by atoms with van der Waals surface area (Å²) in [5.74, 6) is 1.81. The van der Waals surface area contributed by atoms with E-state index in [4.69, 9.17) is 4.74 Å². The first-order valence-corrected chi connectivity index (χ1v) is 7.10. The van der Waals surface area contributed by atoms with Gasteiger partial charge in [-0.3, -0.25) is 4.98 Å². The third kappa shape index (κ3) is 3.14. The van der Waals surface area contributed by atoms with Crippen LogP contribution < -0.4 is 10.1 Å². The van der Waals surface area contributed by atoms with Crippen molar-refractivity contribution in [2.45, 2.75) is 6.92 Å². The van der Waals surface area contributed by atoms with Crippen molar-refractivity contribution in [2.24, 2.45) is 0 Å². The van der Waals surface area contributed by atoms with Crippen molar-refractivity contribution >= 4 is 22.3 Å². The van der Waals surface area contributed by atoms with E-state index in [1.165, 1.54) is 11.3 Å². The molecule has 7 heteroatoms. The van der Waals surface area contributed by atoms with Crippen molar-refractivity contribution < 1.29 is 4.74 Å². The number of thiazole rings is 1. The number of rotatable bonds is 4. The topological polar surface area (TPSA) is 72.8 Å². The lowest BCUT2D eigenvalue weighted by atomic mass is 10.3. The van der Waals surface area contributed by atoms with Gasteiger partial charge in [0.05, 0.1) is 17.7 Å². The van der Waals surface area contributed by atoms with Gasteiger partial charge in [-0.2, -0.15) is 4.98 Å². The van der Waals surface area contributed by atoms with Crippen LogP contribution in [0.2, 0.25) is 0 Å². The third-order valence-corrected chi connectivity index (χ3v) is 3.62. The SMILES string of the molecule is COc1cc(Nc2ncc(-c3ccccn3)s2)nc(C)n1. The number of methoxy groups -OCH3 is 1. The first-order valence-electron chi connectivity index (χ1n) is 6.28. The Morgan fingerprint density at radius 2 is 2.10 bits per heavy atom. The van der Waals surface area contributed by atoms with Crippen LogP contribution in [0.1, 0.15) is 5.82 Å². The van der Waals surface area contributed by atoms with Crippen LogP contribution in [0.5, 0.6) is 5.88 Å². The molecule has 3 aromatic rings. The molecule has 0 radical (unpaired) electrons. The first kappa shape index (κ1) is 13.4. The molecule has 0 saturated heterocycles. The Balaban J connectivity index is 1.83. The van der Waals surface area contributed by atoms with Crippen LogP contribution in [0.25, 0.3) is 10.6 Å². The normalized spacial score (nSPS) is 10.4. The van der Waals surface area contributed by atoms with E-state index >= 15 is 0 Å². The maximum Gasteiger partial charge on any atom is 0.218 e. The Hall–Kier alpha value is -2.54. The smallest absolute Gasteiger partial charge is 0.218 e. The minimum Gasteiger partial charge on any atom is -0.481 e. The van der Waals surface area contributed by atoms with E-state index in [1.807, 2.05) is 25.1 Å². The van der Waals surface area contributed by atoms with Crippen LogP contribution >= 0.6 is 11.3 Å². The second-order valence-corrected chi connectivity index (χ2v) is 5.24. The third-order valence-electron chi connectivity index (χ3n) is 2.68. The fourth-order valence-corrected chi connectivity index (χ4v) is 2.58. The van der Waals surface area contributed by atoms with E-state index in [0.717, 1.165) is 15.7 Å². The second-order valence-electron chi connectivity index (χ2n) is 4.21. The number of aromatic nitrogens is 4. The molecule has 0 unspecified atom stereocenters. The molecule has 0 atom stereocenters. The Morgan fingerprint density at radius 1 is 1.19 bits per heavy atom. The molecule has 0 fully saturated rings. The molecular weight excluding hydrogens is 286 g/mol. The van der Waals surface area contributed by atoms with Gasteiger partial charge in [0.1, 0.15) is 11.6 Å². The number of hydrogen-bond donors (Lipinski definition) is 1. The highest BCUT2D eigenvalue weighted by Gasteiger charge is 2.07. The summed E-state index contributed by atoms with van der Waals surface area (Å²) >= 11 is 1.51. The number of hydrogen-bond acceptors (Lipinski definition) is 7. The molecule has 0 saturated carbocycles. The molecule has 0 aromatic carbocycles. The highest BCUT2D eigenvalue weighted by molar-refractivity contribution is 7.18. The van der Waals surface area contributed by atoms with Crippen molar-refractivity contribution in [1.29, 1.82) is 0 Å². The number of pyridine rings is 1. The van der Waals surface area contributed by atoms with E-state index in [-0.39, 0.29) is 0 Å². The van der Waals surface area contributed by atoms with Crippen molar-refractivity contribution in [1.82, 2.24) is 19.9 Å². The van der Waals surface area contributed by atoms with Crippen LogP contribution in [-0.2, 0) is 0 Å². The van der Waals surface area contributed by atoms with Gasteiger partial charge in [-0.05, 0) is 19.1 Å². The molecule has 0 aliphatic rings. The van der Waals surface area contributed by atoms with Crippen LogP contribution in [0, 0.1) is 6.92 Å². The molecule has 0 spiro atoms. The van der Waals surface area contributed by atoms with Gasteiger partial charge in [0.25, 0.3) is 0 Å². The Labute approximate surface area is 125 Å². The summed E-state index contributed by atoms with van der Waals surface area (Å²) in [6, 6.07) is 7.53. The monoisotopic (exact) mass is 299 g/mol. The zero-order chi connectivity index (χ0) is 14.7. The maximum absolute atomic E-state index is 5.13.